The zero-order valence-corrected chi connectivity index (χ0v) is 16.8. The van der Waals surface area contributed by atoms with E-state index in [1.165, 1.54) is 11.8 Å². The molecule has 0 heterocycles. The zero-order valence-electron chi connectivity index (χ0n) is 16.0. The van der Waals surface area contributed by atoms with Crippen molar-refractivity contribution in [2.24, 2.45) is 0 Å². The molecular weight excluding hydrogens is 360 g/mol. The summed E-state index contributed by atoms with van der Waals surface area (Å²) < 4.78 is 5.14. The Morgan fingerprint density at radius 2 is 1.70 bits per heavy atom. The number of thioether (sulfide) groups is 1. The molecule has 0 aromatic heterocycles. The van der Waals surface area contributed by atoms with Crippen LogP contribution in [0.1, 0.15) is 29.8 Å². The number of nitrogens with zero attached hydrogens (tertiary/aromatic N) is 1. The van der Waals surface area contributed by atoms with Gasteiger partial charge in [0.15, 0.2) is 0 Å². The highest BCUT2D eigenvalue weighted by Crippen LogP contribution is 2.19. The smallest absolute Gasteiger partial charge is 0.255 e. The fraction of sp³-hybridized carbons (Fsp3) is 0.333. The van der Waals surface area contributed by atoms with Crippen molar-refractivity contribution in [2.75, 3.05) is 31.3 Å². The van der Waals surface area contributed by atoms with E-state index >= 15 is 0 Å². The Balaban J connectivity index is 1.92. The molecule has 0 radical (unpaired) electrons. The minimum atomic E-state index is -0.117. The SMILES string of the molecule is CCN(CC)C(=O)c1ccccc1NC(=O)CSCc1ccc(OC)cc1. The molecule has 0 saturated heterocycles. The predicted molar refractivity (Wildman–Crippen MR) is 111 cm³/mol. The molecule has 144 valence electrons. The number of carbonyl (C=O) groups is 2. The second-order valence-electron chi connectivity index (χ2n) is 5.91. The maximum absolute atomic E-state index is 12.6. The molecule has 0 fully saturated rings. The highest BCUT2D eigenvalue weighted by molar-refractivity contribution is 7.99. The molecule has 2 amide bonds. The fourth-order valence-corrected chi connectivity index (χ4v) is 3.42. The lowest BCUT2D eigenvalue weighted by atomic mass is 10.1. The van der Waals surface area contributed by atoms with Crippen LogP contribution in [-0.4, -0.2) is 42.7 Å². The number of anilines is 1. The molecule has 0 atom stereocenters. The Hall–Kier alpha value is -2.47. The van der Waals surface area contributed by atoms with Crippen molar-refractivity contribution >= 4 is 29.3 Å². The number of rotatable bonds is 9. The van der Waals surface area contributed by atoms with Gasteiger partial charge in [-0.1, -0.05) is 24.3 Å². The van der Waals surface area contributed by atoms with E-state index in [4.69, 9.17) is 4.74 Å². The average Bonchev–Trinajstić information content (AvgIpc) is 2.69. The number of para-hydroxylation sites is 1. The lowest BCUT2D eigenvalue weighted by Crippen LogP contribution is -2.31. The Morgan fingerprint density at radius 3 is 2.33 bits per heavy atom. The van der Waals surface area contributed by atoms with E-state index in [1.54, 1.807) is 24.1 Å². The van der Waals surface area contributed by atoms with Crippen molar-refractivity contribution in [3.63, 3.8) is 0 Å². The van der Waals surface area contributed by atoms with Crippen LogP contribution in [0.3, 0.4) is 0 Å². The van der Waals surface area contributed by atoms with E-state index < -0.39 is 0 Å². The topological polar surface area (TPSA) is 58.6 Å². The van der Waals surface area contributed by atoms with Crippen LogP contribution < -0.4 is 10.1 Å². The molecule has 5 nitrogen and oxygen atoms in total. The van der Waals surface area contributed by atoms with Crippen LogP contribution in [0.25, 0.3) is 0 Å². The van der Waals surface area contributed by atoms with Gasteiger partial charge in [-0.15, -0.1) is 11.8 Å². The van der Waals surface area contributed by atoms with Crippen LogP contribution >= 0.6 is 11.8 Å². The van der Waals surface area contributed by atoms with Crippen molar-refractivity contribution in [1.82, 2.24) is 4.90 Å². The third-order valence-corrected chi connectivity index (χ3v) is 5.15. The molecule has 6 heteroatoms. The number of hydrogen-bond donors (Lipinski definition) is 1. The summed E-state index contributed by atoms with van der Waals surface area (Å²) in [5.41, 5.74) is 2.21. The molecule has 2 aromatic carbocycles. The first-order chi connectivity index (χ1) is 13.1. The number of nitrogens with one attached hydrogen (secondary N) is 1. The van der Waals surface area contributed by atoms with E-state index in [0.29, 0.717) is 30.1 Å². The van der Waals surface area contributed by atoms with Gasteiger partial charge in [-0.25, -0.2) is 0 Å². The van der Waals surface area contributed by atoms with E-state index in [2.05, 4.69) is 5.32 Å². The van der Waals surface area contributed by atoms with Gasteiger partial charge in [-0.05, 0) is 43.7 Å². The second-order valence-corrected chi connectivity index (χ2v) is 6.90. The first kappa shape index (κ1) is 20.8. The van der Waals surface area contributed by atoms with E-state index in [1.807, 2.05) is 50.2 Å². The van der Waals surface area contributed by atoms with Crippen molar-refractivity contribution in [3.05, 3.63) is 59.7 Å². The third kappa shape index (κ3) is 6.03. The minimum Gasteiger partial charge on any atom is -0.497 e. The molecule has 1 N–H and O–H groups in total. The largest absolute Gasteiger partial charge is 0.497 e. The van der Waals surface area contributed by atoms with Crippen LogP contribution in [0.2, 0.25) is 0 Å². The average molecular weight is 387 g/mol. The lowest BCUT2D eigenvalue weighted by Gasteiger charge is -2.20. The van der Waals surface area contributed by atoms with Gasteiger partial charge in [0, 0.05) is 18.8 Å². The van der Waals surface area contributed by atoms with E-state index in [9.17, 15) is 9.59 Å². The minimum absolute atomic E-state index is 0.0678. The summed E-state index contributed by atoms with van der Waals surface area (Å²) >= 11 is 1.53. The number of benzene rings is 2. The molecule has 0 spiro atoms. The number of amides is 2. The van der Waals surface area contributed by atoms with Gasteiger partial charge < -0.3 is 15.0 Å². The molecule has 0 aliphatic rings. The third-order valence-electron chi connectivity index (χ3n) is 4.14. The highest BCUT2D eigenvalue weighted by atomic mass is 32.2. The molecular formula is C21H26N2O3S. The van der Waals surface area contributed by atoms with Gasteiger partial charge in [0.05, 0.1) is 24.1 Å². The summed E-state index contributed by atoms with van der Waals surface area (Å²) in [7, 11) is 1.64. The standard InChI is InChI=1S/C21H26N2O3S/c1-4-23(5-2)21(25)18-8-6-7-9-19(18)22-20(24)15-27-14-16-10-12-17(26-3)13-11-16/h6-13H,4-5,14-15H2,1-3H3,(H,22,24). The molecule has 2 rings (SSSR count). The van der Waals surface area contributed by atoms with Gasteiger partial charge in [0.1, 0.15) is 5.75 Å². The van der Waals surface area contributed by atoms with Gasteiger partial charge >= 0.3 is 0 Å². The van der Waals surface area contributed by atoms with Crippen molar-refractivity contribution in [1.29, 1.82) is 0 Å². The highest BCUT2D eigenvalue weighted by Gasteiger charge is 2.17. The molecule has 0 aliphatic carbocycles. The van der Waals surface area contributed by atoms with Gasteiger partial charge in [-0.2, -0.15) is 0 Å². The summed E-state index contributed by atoms with van der Waals surface area (Å²) in [6, 6.07) is 14.9. The number of methoxy groups -OCH3 is 1. The molecule has 0 saturated carbocycles. The van der Waals surface area contributed by atoms with Crippen LogP contribution in [0, 0.1) is 0 Å². The first-order valence-electron chi connectivity index (χ1n) is 8.97. The van der Waals surface area contributed by atoms with Crippen LogP contribution in [0.15, 0.2) is 48.5 Å². The van der Waals surface area contributed by atoms with Crippen molar-refractivity contribution in [2.45, 2.75) is 19.6 Å². The Kier molecular flexibility index (Phi) is 8.20. The van der Waals surface area contributed by atoms with E-state index in [-0.39, 0.29) is 11.8 Å². The van der Waals surface area contributed by atoms with Crippen LogP contribution in [-0.2, 0) is 10.5 Å². The number of carbonyl (C=O) groups excluding carboxylic acids is 2. The lowest BCUT2D eigenvalue weighted by molar-refractivity contribution is -0.113. The van der Waals surface area contributed by atoms with Crippen LogP contribution in [0.4, 0.5) is 5.69 Å². The number of ether oxygens (including phenoxy) is 1. The maximum Gasteiger partial charge on any atom is 0.255 e. The number of hydrogen-bond acceptors (Lipinski definition) is 4. The quantitative estimate of drug-likeness (QED) is 0.706. The molecule has 0 aliphatic heterocycles. The molecule has 0 unspecified atom stereocenters. The van der Waals surface area contributed by atoms with E-state index in [0.717, 1.165) is 17.1 Å². The normalized spacial score (nSPS) is 10.3. The fourth-order valence-electron chi connectivity index (χ4n) is 2.63. The summed E-state index contributed by atoms with van der Waals surface area (Å²) in [6.45, 7) is 5.15. The zero-order chi connectivity index (χ0) is 19.6. The second kappa shape index (κ2) is 10.6. The summed E-state index contributed by atoms with van der Waals surface area (Å²) in [5.74, 6) is 1.68. The Morgan fingerprint density at radius 1 is 1.04 bits per heavy atom. The van der Waals surface area contributed by atoms with Crippen LogP contribution in [0.5, 0.6) is 5.75 Å². The molecule has 2 aromatic rings. The maximum atomic E-state index is 12.6. The first-order valence-corrected chi connectivity index (χ1v) is 10.1. The monoisotopic (exact) mass is 386 g/mol. The summed E-state index contributed by atoms with van der Waals surface area (Å²) in [6.07, 6.45) is 0. The van der Waals surface area contributed by atoms with Gasteiger partial charge in [0.2, 0.25) is 5.91 Å². The van der Waals surface area contributed by atoms with Gasteiger partial charge in [0.25, 0.3) is 5.91 Å². The molecule has 27 heavy (non-hydrogen) atoms. The summed E-state index contributed by atoms with van der Waals surface area (Å²) in [4.78, 5) is 26.7. The van der Waals surface area contributed by atoms with Crippen molar-refractivity contribution < 1.29 is 14.3 Å². The van der Waals surface area contributed by atoms with Crippen molar-refractivity contribution in [3.8, 4) is 5.75 Å². The molecule has 0 bridgehead atoms. The summed E-state index contributed by atoms with van der Waals surface area (Å²) in [5, 5.41) is 2.87. The van der Waals surface area contributed by atoms with Gasteiger partial charge in [-0.3, -0.25) is 9.59 Å². The Bertz CT molecular complexity index is 758. The Labute approximate surface area is 165 Å². The predicted octanol–water partition coefficient (Wildman–Crippen LogP) is 4.05.